The van der Waals surface area contributed by atoms with Crippen molar-refractivity contribution in [1.29, 1.82) is 0 Å². The molecule has 1 aliphatic carbocycles. The molecule has 2 aliphatic heterocycles. The van der Waals surface area contributed by atoms with Crippen LogP contribution >= 0.6 is 0 Å². The Morgan fingerprint density at radius 2 is 1.44 bits per heavy atom. The minimum absolute atomic E-state index is 0.0303. The normalized spacial score (nSPS) is 19.7. The molecule has 7 heteroatoms. The molecule has 1 fully saturated rings. The Morgan fingerprint density at radius 1 is 0.854 bits per heavy atom. The average Bonchev–Trinajstić information content (AvgIpc) is 3.22. The molecule has 6 nitrogen and oxygen atoms in total. The van der Waals surface area contributed by atoms with Crippen molar-refractivity contribution in [3.05, 3.63) is 143 Å². The summed E-state index contributed by atoms with van der Waals surface area (Å²) in [7, 11) is 0. The van der Waals surface area contributed by atoms with Gasteiger partial charge in [0, 0.05) is 36.3 Å². The number of nitrogens with one attached hydrogen (secondary N) is 1. The van der Waals surface area contributed by atoms with Crippen LogP contribution < -0.4 is 10.2 Å². The smallest absolute Gasteiger partial charge is 0.242 e. The van der Waals surface area contributed by atoms with E-state index in [2.05, 4.69) is 19.2 Å². The maximum atomic E-state index is 15.7. The van der Waals surface area contributed by atoms with E-state index in [9.17, 15) is 14.7 Å². The lowest BCUT2D eigenvalue weighted by Gasteiger charge is -2.43. The molecule has 1 saturated heterocycles. The van der Waals surface area contributed by atoms with E-state index in [1.165, 1.54) is 6.07 Å². The van der Waals surface area contributed by atoms with Crippen molar-refractivity contribution in [2.45, 2.75) is 51.2 Å². The summed E-state index contributed by atoms with van der Waals surface area (Å²) in [5.74, 6) is -0.642. The lowest BCUT2D eigenvalue weighted by molar-refractivity contribution is -0.132. The standard InChI is InChI=1S/C41H42FN3O3/c1-40(2)25-34-38(36(46)26-40)39(31-17-9-10-18-32(31)42)45(35-20-12-11-19-33(35)43-34)27-37(47)44-23-21-30(22-24-44)41(48,28-13-5-3-6-14-28)29-15-7-4-8-16-29/h3-20,30,39,43,48H,21-27H2,1-2H3. The van der Waals surface area contributed by atoms with Crippen molar-refractivity contribution in [2.75, 3.05) is 29.9 Å². The lowest BCUT2D eigenvalue weighted by atomic mass is 9.72. The number of amides is 1. The first kappa shape index (κ1) is 31.8. The topological polar surface area (TPSA) is 72.9 Å². The van der Waals surface area contributed by atoms with Gasteiger partial charge in [0.1, 0.15) is 11.4 Å². The quantitative estimate of drug-likeness (QED) is 0.226. The van der Waals surface area contributed by atoms with Gasteiger partial charge < -0.3 is 20.2 Å². The number of hydrogen-bond acceptors (Lipinski definition) is 5. The highest BCUT2D eigenvalue weighted by Gasteiger charge is 2.45. The van der Waals surface area contributed by atoms with Gasteiger partial charge in [-0.05, 0) is 59.9 Å². The van der Waals surface area contributed by atoms with Crippen LogP contribution in [0.15, 0.2) is 120 Å². The number of aliphatic hydroxyl groups is 1. The van der Waals surface area contributed by atoms with Gasteiger partial charge in [0.25, 0.3) is 0 Å². The highest BCUT2D eigenvalue weighted by atomic mass is 19.1. The second-order valence-electron chi connectivity index (χ2n) is 14.2. The Bertz CT molecular complexity index is 1810. The third-order valence-corrected chi connectivity index (χ3v) is 10.4. The lowest BCUT2D eigenvalue weighted by Crippen LogP contribution is -2.49. The molecule has 0 saturated carbocycles. The van der Waals surface area contributed by atoms with E-state index in [0.717, 1.165) is 28.2 Å². The molecule has 48 heavy (non-hydrogen) atoms. The predicted molar refractivity (Wildman–Crippen MR) is 187 cm³/mol. The first-order chi connectivity index (χ1) is 23.2. The van der Waals surface area contributed by atoms with Crippen molar-refractivity contribution in [2.24, 2.45) is 11.3 Å². The summed E-state index contributed by atoms with van der Waals surface area (Å²) >= 11 is 0. The molecule has 7 rings (SSSR count). The van der Waals surface area contributed by atoms with Crippen LogP contribution in [-0.2, 0) is 15.2 Å². The molecule has 0 bridgehead atoms. The number of para-hydroxylation sites is 2. The summed E-state index contributed by atoms with van der Waals surface area (Å²) in [5, 5.41) is 15.9. The molecule has 2 N–H and O–H groups in total. The van der Waals surface area contributed by atoms with Crippen LogP contribution in [-0.4, -0.2) is 41.3 Å². The van der Waals surface area contributed by atoms with E-state index in [4.69, 9.17) is 0 Å². The van der Waals surface area contributed by atoms with Crippen molar-refractivity contribution in [3.8, 4) is 0 Å². The number of Topliss-reactive ketones (excluding diaryl/α,β-unsaturated/α-hetero) is 1. The van der Waals surface area contributed by atoms with Gasteiger partial charge in [-0.2, -0.15) is 0 Å². The van der Waals surface area contributed by atoms with Crippen LogP contribution in [0.3, 0.4) is 0 Å². The number of carbonyl (C=O) groups is 2. The van der Waals surface area contributed by atoms with Gasteiger partial charge in [-0.1, -0.05) is 105 Å². The molecule has 246 valence electrons. The van der Waals surface area contributed by atoms with E-state index in [0.29, 0.717) is 49.9 Å². The summed E-state index contributed by atoms with van der Waals surface area (Å²) in [5.41, 5.74) is 3.45. The largest absolute Gasteiger partial charge is 0.380 e. The summed E-state index contributed by atoms with van der Waals surface area (Å²) in [6.07, 6.45) is 2.21. The Kier molecular flexibility index (Phi) is 8.42. The Balaban J connectivity index is 1.21. The van der Waals surface area contributed by atoms with E-state index in [1.807, 2.05) is 94.7 Å². The van der Waals surface area contributed by atoms with Gasteiger partial charge in [-0.25, -0.2) is 4.39 Å². The molecular weight excluding hydrogens is 601 g/mol. The van der Waals surface area contributed by atoms with Crippen LogP contribution in [0.1, 0.15) is 62.3 Å². The van der Waals surface area contributed by atoms with Gasteiger partial charge in [0.05, 0.1) is 24.0 Å². The van der Waals surface area contributed by atoms with Gasteiger partial charge in [-0.15, -0.1) is 0 Å². The van der Waals surface area contributed by atoms with Crippen molar-refractivity contribution < 1.29 is 19.1 Å². The van der Waals surface area contributed by atoms with E-state index >= 15 is 4.39 Å². The zero-order chi connectivity index (χ0) is 33.5. The number of anilines is 2. The second-order valence-corrected chi connectivity index (χ2v) is 14.2. The number of halogens is 1. The fourth-order valence-electron chi connectivity index (χ4n) is 8.06. The summed E-state index contributed by atoms with van der Waals surface area (Å²) < 4.78 is 15.7. The minimum Gasteiger partial charge on any atom is -0.380 e. The van der Waals surface area contributed by atoms with E-state index in [-0.39, 0.29) is 29.6 Å². The minimum atomic E-state index is -1.19. The first-order valence-corrected chi connectivity index (χ1v) is 16.9. The molecule has 4 aromatic rings. The number of benzene rings is 4. The maximum Gasteiger partial charge on any atom is 0.242 e. The number of rotatable bonds is 6. The highest BCUT2D eigenvalue weighted by Crippen LogP contribution is 2.49. The second kappa shape index (κ2) is 12.7. The number of nitrogens with zero attached hydrogens (tertiary/aromatic N) is 2. The predicted octanol–water partition coefficient (Wildman–Crippen LogP) is 7.62. The third kappa shape index (κ3) is 5.81. The molecule has 2 heterocycles. The van der Waals surface area contributed by atoms with Gasteiger partial charge in [-0.3, -0.25) is 9.59 Å². The van der Waals surface area contributed by atoms with E-state index < -0.39 is 17.5 Å². The summed E-state index contributed by atoms with van der Waals surface area (Å²) in [6.45, 7) is 5.08. The Labute approximate surface area is 281 Å². The molecule has 1 atom stereocenters. The Hall–Kier alpha value is -4.75. The monoisotopic (exact) mass is 643 g/mol. The fourth-order valence-corrected chi connectivity index (χ4v) is 8.06. The zero-order valence-corrected chi connectivity index (χ0v) is 27.5. The highest BCUT2D eigenvalue weighted by molar-refractivity contribution is 6.02. The fraction of sp³-hybridized carbons (Fsp3) is 0.317. The molecular formula is C41H42FN3O3. The summed E-state index contributed by atoms with van der Waals surface area (Å²) in [4.78, 5) is 32.0. The third-order valence-electron chi connectivity index (χ3n) is 10.4. The number of carbonyl (C=O) groups excluding carboxylic acids is 2. The SMILES string of the molecule is CC1(C)CC(=O)C2=C(C1)Nc1ccccc1N(CC(=O)N1CCC(C(O)(c3ccccc3)c3ccccc3)CC1)C2c1ccccc1F. The van der Waals surface area contributed by atoms with Crippen LogP contribution in [0.4, 0.5) is 15.8 Å². The van der Waals surface area contributed by atoms with Crippen LogP contribution in [0, 0.1) is 17.2 Å². The van der Waals surface area contributed by atoms with Gasteiger partial charge in [0.2, 0.25) is 5.91 Å². The maximum absolute atomic E-state index is 15.7. The van der Waals surface area contributed by atoms with Gasteiger partial charge in [0.15, 0.2) is 5.78 Å². The van der Waals surface area contributed by atoms with Crippen molar-refractivity contribution in [3.63, 3.8) is 0 Å². The summed E-state index contributed by atoms with van der Waals surface area (Å²) in [6, 6.07) is 33.1. The zero-order valence-electron chi connectivity index (χ0n) is 27.5. The number of hydrogen-bond donors (Lipinski definition) is 2. The number of allylic oxidation sites excluding steroid dienone is 1. The number of fused-ring (bicyclic) bond motifs is 1. The number of piperidine rings is 1. The number of ketones is 1. The number of likely N-dealkylation sites (tertiary alicyclic amines) is 1. The molecule has 3 aliphatic rings. The Morgan fingerprint density at radius 3 is 2.08 bits per heavy atom. The molecule has 0 radical (unpaired) electrons. The molecule has 1 amide bonds. The molecule has 0 aromatic heterocycles. The van der Waals surface area contributed by atoms with Crippen LogP contribution in [0.2, 0.25) is 0 Å². The van der Waals surface area contributed by atoms with E-state index in [1.54, 1.807) is 18.2 Å². The molecule has 0 spiro atoms. The van der Waals surface area contributed by atoms with Crippen LogP contribution in [0.5, 0.6) is 0 Å². The first-order valence-electron chi connectivity index (χ1n) is 16.9. The molecule has 4 aromatic carbocycles. The van der Waals surface area contributed by atoms with Crippen molar-refractivity contribution >= 4 is 23.1 Å². The van der Waals surface area contributed by atoms with Crippen LogP contribution in [0.25, 0.3) is 0 Å². The average molecular weight is 644 g/mol. The van der Waals surface area contributed by atoms with Gasteiger partial charge >= 0.3 is 0 Å². The van der Waals surface area contributed by atoms with Crippen molar-refractivity contribution in [1.82, 2.24) is 4.90 Å². The molecule has 1 unspecified atom stereocenters.